The van der Waals surface area contributed by atoms with Crippen LogP contribution in [0.1, 0.15) is 200 Å². The van der Waals surface area contributed by atoms with E-state index in [-0.39, 0.29) is 43.5 Å². The predicted octanol–water partition coefficient (Wildman–Crippen LogP) is 10.6. The van der Waals surface area contributed by atoms with Gasteiger partial charge in [-0.3, -0.25) is 18.9 Å². The van der Waals surface area contributed by atoms with Crippen LogP contribution < -0.4 is 0 Å². The lowest BCUT2D eigenvalue weighted by atomic mass is 9.88. The zero-order chi connectivity index (χ0) is 42.0. The molecular weight excluding hydrogens is 747 g/mol. The van der Waals surface area contributed by atoms with Crippen LogP contribution in [-0.2, 0) is 32.9 Å². The molecule has 0 aromatic heterocycles. The van der Waals surface area contributed by atoms with Gasteiger partial charge in [-0.1, -0.05) is 154 Å². The Hall–Kier alpha value is -1.88. The van der Waals surface area contributed by atoms with Crippen molar-refractivity contribution in [3.05, 3.63) is 24.3 Å². The molecule has 0 heterocycles. The molecule has 1 rings (SSSR count). The van der Waals surface area contributed by atoms with Crippen molar-refractivity contribution < 1.29 is 52.9 Å². The van der Waals surface area contributed by atoms with E-state index in [1.54, 1.807) is 6.08 Å². The average Bonchev–Trinajstić information content (AvgIpc) is 3.44. The molecule has 0 bridgehead atoms. The number of ketones is 1. The first kappa shape index (κ1) is 53.1. The van der Waals surface area contributed by atoms with E-state index in [0.29, 0.717) is 25.7 Å². The third-order valence-corrected chi connectivity index (χ3v) is 11.3. The summed E-state index contributed by atoms with van der Waals surface area (Å²) in [5, 5.41) is 20.7. The molecule has 332 valence electrons. The van der Waals surface area contributed by atoms with Gasteiger partial charge in [-0.25, -0.2) is 4.57 Å². The number of phosphoric ester groups is 1. The number of hydrogen-bond acceptors (Lipinski definition) is 9. The lowest BCUT2D eigenvalue weighted by Crippen LogP contribution is -2.29. The fourth-order valence-electron chi connectivity index (χ4n) is 7.38. The summed E-state index contributed by atoms with van der Waals surface area (Å²) in [6.45, 7) is 3.40. The Balaban J connectivity index is 2.20. The second kappa shape index (κ2) is 34.9. The summed E-state index contributed by atoms with van der Waals surface area (Å²) in [5.41, 5.74) is 0. The van der Waals surface area contributed by atoms with Crippen LogP contribution in [0.5, 0.6) is 0 Å². The molecule has 4 N–H and O–H groups in total. The molecule has 1 saturated carbocycles. The smallest absolute Gasteiger partial charge is 0.462 e. The van der Waals surface area contributed by atoms with Crippen molar-refractivity contribution >= 4 is 25.5 Å². The van der Waals surface area contributed by atoms with Gasteiger partial charge in [-0.05, 0) is 51.4 Å². The second-order valence-electron chi connectivity index (χ2n) is 16.2. The van der Waals surface area contributed by atoms with Gasteiger partial charge in [-0.2, -0.15) is 0 Å². The van der Waals surface area contributed by atoms with Gasteiger partial charge in [0, 0.05) is 31.1 Å². The maximum absolute atomic E-state index is 12.5. The van der Waals surface area contributed by atoms with Crippen LogP contribution in [0, 0.1) is 11.8 Å². The zero-order valence-electron chi connectivity index (χ0n) is 35.7. The molecule has 11 nitrogen and oxygen atoms in total. The number of hydrogen-bond donors (Lipinski definition) is 4. The van der Waals surface area contributed by atoms with Gasteiger partial charge in [0.05, 0.1) is 18.8 Å². The Morgan fingerprint density at radius 3 is 1.81 bits per heavy atom. The van der Waals surface area contributed by atoms with Crippen LogP contribution in [0.25, 0.3) is 0 Å². The van der Waals surface area contributed by atoms with Crippen molar-refractivity contribution in [3.8, 4) is 0 Å². The molecule has 12 heteroatoms. The number of carbonyl (C=O) groups is 3. The third kappa shape index (κ3) is 30.8. The number of rotatable bonds is 38. The summed E-state index contributed by atoms with van der Waals surface area (Å²) in [4.78, 5) is 55.7. The van der Waals surface area contributed by atoms with Gasteiger partial charge in [0.2, 0.25) is 0 Å². The van der Waals surface area contributed by atoms with Crippen molar-refractivity contribution in [3.63, 3.8) is 0 Å². The zero-order valence-corrected chi connectivity index (χ0v) is 36.6. The number of allylic oxidation sites excluding steroid dienone is 2. The lowest BCUT2D eigenvalue weighted by molar-refractivity contribution is -0.161. The molecule has 1 aliphatic carbocycles. The van der Waals surface area contributed by atoms with Gasteiger partial charge in [0.1, 0.15) is 12.4 Å². The first-order chi connectivity index (χ1) is 27.5. The molecular formula is C45H81O11P. The summed E-state index contributed by atoms with van der Waals surface area (Å²) < 4.78 is 26.4. The topological polar surface area (TPSA) is 177 Å². The van der Waals surface area contributed by atoms with Crippen molar-refractivity contribution in [2.24, 2.45) is 11.8 Å². The number of unbranched alkanes of at least 4 members (excludes halogenated alkanes) is 20. The highest BCUT2D eigenvalue weighted by Gasteiger charge is 2.39. The number of aliphatic hydroxyl groups is 2. The fourth-order valence-corrected chi connectivity index (χ4v) is 7.74. The summed E-state index contributed by atoms with van der Waals surface area (Å²) >= 11 is 0. The van der Waals surface area contributed by atoms with E-state index in [4.69, 9.17) is 19.3 Å². The molecule has 0 amide bonds. The molecule has 0 aromatic carbocycles. The molecule has 5 atom stereocenters. The predicted molar refractivity (Wildman–Crippen MR) is 226 cm³/mol. The SMILES string of the molecule is CCCCCCCC/C=C\CCCCCCCCCCCC(=O)O[C@H](COC(=O)CCCCCC[C@H]1C(=O)C[C@@H](O)[C@@H]1/C=C/[C@@H](O)CCCCC)COP(=O)(O)O. The molecule has 0 unspecified atom stereocenters. The van der Waals surface area contributed by atoms with Crippen LogP contribution in [0.2, 0.25) is 0 Å². The van der Waals surface area contributed by atoms with Crippen LogP contribution in [0.15, 0.2) is 24.3 Å². The Labute approximate surface area is 345 Å². The number of carbonyl (C=O) groups excluding carboxylic acids is 3. The van der Waals surface area contributed by atoms with Crippen LogP contribution in [0.3, 0.4) is 0 Å². The average molecular weight is 829 g/mol. The molecule has 1 aliphatic rings. The minimum Gasteiger partial charge on any atom is -0.462 e. The summed E-state index contributed by atoms with van der Waals surface area (Å²) in [5.74, 6) is -1.57. The van der Waals surface area contributed by atoms with Gasteiger partial charge in [-0.15, -0.1) is 0 Å². The first-order valence-corrected chi connectivity index (χ1v) is 24.3. The third-order valence-electron chi connectivity index (χ3n) is 10.8. The van der Waals surface area contributed by atoms with E-state index in [1.165, 1.54) is 83.5 Å². The molecule has 0 saturated heterocycles. The molecule has 0 spiro atoms. The van der Waals surface area contributed by atoms with Crippen molar-refractivity contribution in [1.82, 2.24) is 0 Å². The maximum Gasteiger partial charge on any atom is 0.469 e. The van der Waals surface area contributed by atoms with Crippen molar-refractivity contribution in [2.75, 3.05) is 13.2 Å². The highest BCUT2D eigenvalue weighted by atomic mass is 31.2. The Morgan fingerprint density at radius 2 is 1.23 bits per heavy atom. The minimum atomic E-state index is -4.81. The standard InChI is InChI=1S/C45H81O11P/c1-3-5-7-8-9-10-11-12-13-14-15-16-17-18-19-20-21-22-28-32-45(50)56-39(37-55-57(51,52)53)36-54-44(49)31-27-24-23-26-30-40-41(43(48)35-42(40)47)34-33-38(46)29-25-6-4-2/h12-13,33-34,38-41,43,46,48H,3-11,14-32,35-37H2,1-2H3,(H2,51,52,53)/b13-12-,34-33+/t38-,39+,40+,41+,43+/m0/s1. The van der Waals surface area contributed by atoms with E-state index in [1.807, 2.05) is 6.08 Å². The minimum absolute atomic E-state index is 0.0447. The van der Waals surface area contributed by atoms with E-state index in [0.717, 1.165) is 57.8 Å². The Kier molecular flexibility index (Phi) is 32.6. The number of Topliss-reactive ketones (excluding diaryl/α,β-unsaturated/α-hetero) is 1. The monoisotopic (exact) mass is 829 g/mol. The number of ether oxygens (including phenoxy) is 2. The van der Waals surface area contributed by atoms with Crippen molar-refractivity contribution in [1.29, 1.82) is 0 Å². The fraction of sp³-hybridized carbons (Fsp3) is 0.844. The van der Waals surface area contributed by atoms with Crippen LogP contribution >= 0.6 is 7.82 Å². The Bertz CT molecular complexity index is 1140. The quantitative estimate of drug-likeness (QED) is 0.0202. The number of phosphoric acid groups is 1. The highest BCUT2D eigenvalue weighted by Crippen LogP contribution is 2.36. The highest BCUT2D eigenvalue weighted by molar-refractivity contribution is 7.46. The van der Waals surface area contributed by atoms with Gasteiger partial charge < -0.3 is 29.5 Å². The van der Waals surface area contributed by atoms with E-state index in [2.05, 4.69) is 30.5 Å². The van der Waals surface area contributed by atoms with Gasteiger partial charge >= 0.3 is 19.8 Å². The number of aliphatic hydroxyl groups excluding tert-OH is 2. The summed E-state index contributed by atoms with van der Waals surface area (Å²) in [7, 11) is -4.81. The molecule has 0 aromatic rings. The molecule has 1 fully saturated rings. The lowest BCUT2D eigenvalue weighted by Gasteiger charge is -2.18. The van der Waals surface area contributed by atoms with Crippen LogP contribution in [-0.4, -0.2) is 69.2 Å². The molecule has 0 aliphatic heterocycles. The van der Waals surface area contributed by atoms with Crippen LogP contribution in [0.4, 0.5) is 0 Å². The Morgan fingerprint density at radius 1 is 0.719 bits per heavy atom. The molecule has 0 radical (unpaired) electrons. The second-order valence-corrected chi connectivity index (χ2v) is 17.4. The van der Waals surface area contributed by atoms with Gasteiger partial charge in [0.25, 0.3) is 0 Å². The van der Waals surface area contributed by atoms with E-state index >= 15 is 0 Å². The summed E-state index contributed by atoms with van der Waals surface area (Å²) in [6.07, 6.45) is 33.7. The normalized spacial score (nSPS) is 18.5. The largest absolute Gasteiger partial charge is 0.469 e. The number of esters is 2. The van der Waals surface area contributed by atoms with E-state index < -0.39 is 44.7 Å². The van der Waals surface area contributed by atoms with E-state index in [9.17, 15) is 29.2 Å². The maximum atomic E-state index is 12.5. The first-order valence-electron chi connectivity index (χ1n) is 22.7. The van der Waals surface area contributed by atoms with Gasteiger partial charge in [0.15, 0.2) is 6.10 Å². The summed E-state index contributed by atoms with van der Waals surface area (Å²) in [6, 6.07) is 0. The molecule has 57 heavy (non-hydrogen) atoms. The van der Waals surface area contributed by atoms with Crippen molar-refractivity contribution in [2.45, 2.75) is 218 Å².